The Kier molecular flexibility index (Phi) is 3.81. The molecule has 0 aliphatic heterocycles. The topological polar surface area (TPSA) is 48.7 Å². The number of hydrogen-bond donors (Lipinski definition) is 0. The largest absolute Gasteiger partial charge is 0.497 e. The van der Waals surface area contributed by atoms with Crippen molar-refractivity contribution in [2.75, 3.05) is 13.7 Å². The number of fused-ring (bicyclic) bond motifs is 2. The fourth-order valence-corrected chi connectivity index (χ4v) is 2.63. The van der Waals surface area contributed by atoms with Crippen molar-refractivity contribution in [3.05, 3.63) is 46.5 Å². The molecule has 0 bridgehead atoms. The molecule has 112 valence electrons. The highest BCUT2D eigenvalue weighted by molar-refractivity contribution is 7.72. The van der Waals surface area contributed by atoms with Gasteiger partial charge in [0, 0.05) is 10.8 Å². The van der Waals surface area contributed by atoms with E-state index < -0.39 is 0 Å². The summed E-state index contributed by atoms with van der Waals surface area (Å²) in [5.74, 6) is 0.344. The highest BCUT2D eigenvalue weighted by Gasteiger charge is 2.11. The molecule has 3 rings (SSSR count). The van der Waals surface area contributed by atoms with Crippen molar-refractivity contribution < 1.29 is 18.7 Å². The van der Waals surface area contributed by atoms with E-state index in [9.17, 15) is 4.79 Å². The molecule has 0 radical (unpaired) electrons. The number of hydrogen-bond acceptors (Lipinski definition) is 5. The number of carbonyl (C=O) groups is 1. The van der Waals surface area contributed by atoms with Gasteiger partial charge in [0.05, 0.1) is 23.8 Å². The normalized spacial score (nSPS) is 10.8. The Bertz CT molecular complexity index is 927. The molecule has 0 spiro atoms. The van der Waals surface area contributed by atoms with Crippen LogP contribution in [-0.4, -0.2) is 19.7 Å². The molecular formula is C17H14O4S. The van der Waals surface area contributed by atoms with Crippen molar-refractivity contribution in [2.45, 2.75) is 6.92 Å². The first-order valence-corrected chi connectivity index (χ1v) is 7.26. The summed E-state index contributed by atoms with van der Waals surface area (Å²) in [6.07, 6.45) is 0. The van der Waals surface area contributed by atoms with Gasteiger partial charge in [-0.1, -0.05) is 12.2 Å². The average molecular weight is 314 g/mol. The predicted molar refractivity (Wildman–Crippen MR) is 87.1 cm³/mol. The van der Waals surface area contributed by atoms with Crippen LogP contribution < -0.4 is 4.74 Å². The summed E-state index contributed by atoms with van der Waals surface area (Å²) in [5, 5.41) is 1.59. The second-order valence-corrected chi connectivity index (χ2v) is 5.13. The van der Waals surface area contributed by atoms with Crippen LogP contribution in [0.2, 0.25) is 0 Å². The van der Waals surface area contributed by atoms with Gasteiger partial charge in [0.25, 0.3) is 0 Å². The van der Waals surface area contributed by atoms with E-state index in [-0.39, 0.29) is 5.97 Å². The fourth-order valence-electron chi connectivity index (χ4n) is 2.30. The van der Waals surface area contributed by atoms with Crippen molar-refractivity contribution >= 4 is 40.1 Å². The molecule has 0 saturated heterocycles. The van der Waals surface area contributed by atoms with Gasteiger partial charge in [-0.3, -0.25) is 0 Å². The van der Waals surface area contributed by atoms with Crippen LogP contribution in [-0.2, 0) is 4.74 Å². The van der Waals surface area contributed by atoms with E-state index in [1.165, 1.54) is 0 Å². The Morgan fingerprint density at radius 2 is 1.95 bits per heavy atom. The van der Waals surface area contributed by atoms with Crippen molar-refractivity contribution in [2.24, 2.45) is 0 Å². The molecule has 0 N–H and O–H groups in total. The minimum absolute atomic E-state index is 0.331. The van der Waals surface area contributed by atoms with Crippen LogP contribution in [0.4, 0.5) is 0 Å². The van der Waals surface area contributed by atoms with E-state index in [0.29, 0.717) is 27.8 Å². The molecule has 1 heterocycles. The molecule has 0 saturated carbocycles. The van der Waals surface area contributed by atoms with Crippen molar-refractivity contribution in [1.82, 2.24) is 0 Å². The molecule has 0 aliphatic rings. The van der Waals surface area contributed by atoms with E-state index in [4.69, 9.17) is 26.1 Å². The standard InChI is InChI=1S/C17H14O4S/c1-3-20-17(18)10-4-6-12-15(8-10)21-14-7-5-11(19-2)9-13(14)16(12)22/h4-9H,3H2,1-2H3. The summed E-state index contributed by atoms with van der Waals surface area (Å²) in [7, 11) is 1.61. The fraction of sp³-hybridized carbons (Fsp3) is 0.176. The molecule has 3 aromatic rings. The van der Waals surface area contributed by atoms with Gasteiger partial charge >= 0.3 is 5.97 Å². The first-order valence-electron chi connectivity index (χ1n) is 6.85. The van der Waals surface area contributed by atoms with Crippen molar-refractivity contribution in [1.29, 1.82) is 0 Å². The Balaban J connectivity index is 2.24. The maximum absolute atomic E-state index is 11.8. The zero-order chi connectivity index (χ0) is 15.7. The van der Waals surface area contributed by atoms with Gasteiger partial charge in [-0.25, -0.2) is 4.79 Å². The summed E-state index contributed by atoms with van der Waals surface area (Å²) in [5.41, 5.74) is 1.66. The summed E-state index contributed by atoms with van der Waals surface area (Å²) < 4.78 is 16.8. The lowest BCUT2D eigenvalue weighted by molar-refractivity contribution is 0.0526. The minimum atomic E-state index is -0.375. The molecule has 2 aromatic carbocycles. The minimum Gasteiger partial charge on any atom is -0.497 e. The van der Waals surface area contributed by atoms with E-state index in [0.717, 1.165) is 16.5 Å². The third kappa shape index (κ3) is 2.44. The van der Waals surface area contributed by atoms with Crippen LogP contribution in [0.1, 0.15) is 17.3 Å². The number of ether oxygens (including phenoxy) is 2. The molecule has 0 unspecified atom stereocenters. The van der Waals surface area contributed by atoms with Gasteiger partial charge < -0.3 is 13.9 Å². The van der Waals surface area contributed by atoms with E-state index in [1.807, 2.05) is 12.1 Å². The van der Waals surface area contributed by atoms with E-state index >= 15 is 0 Å². The second kappa shape index (κ2) is 5.77. The maximum atomic E-state index is 11.8. The average Bonchev–Trinajstić information content (AvgIpc) is 2.54. The zero-order valence-corrected chi connectivity index (χ0v) is 13.0. The lowest BCUT2D eigenvalue weighted by atomic mass is 10.1. The Hall–Kier alpha value is -2.40. The van der Waals surface area contributed by atoms with Gasteiger partial charge in [0.2, 0.25) is 0 Å². The van der Waals surface area contributed by atoms with E-state index in [1.54, 1.807) is 38.3 Å². The number of esters is 1. The Labute approximate surface area is 132 Å². The van der Waals surface area contributed by atoms with Crippen LogP contribution in [0, 0.1) is 4.51 Å². The molecule has 4 nitrogen and oxygen atoms in total. The zero-order valence-electron chi connectivity index (χ0n) is 12.2. The molecule has 5 heteroatoms. The molecule has 0 aliphatic carbocycles. The molecule has 0 fully saturated rings. The smallest absolute Gasteiger partial charge is 0.338 e. The number of carbonyl (C=O) groups excluding carboxylic acids is 1. The van der Waals surface area contributed by atoms with Gasteiger partial charge in [0.15, 0.2) is 0 Å². The third-order valence-electron chi connectivity index (χ3n) is 3.39. The molecule has 0 amide bonds. The Morgan fingerprint density at radius 3 is 2.68 bits per heavy atom. The first kappa shape index (κ1) is 14.5. The van der Waals surface area contributed by atoms with Crippen molar-refractivity contribution in [3.63, 3.8) is 0 Å². The molecular weight excluding hydrogens is 300 g/mol. The van der Waals surface area contributed by atoms with E-state index in [2.05, 4.69) is 0 Å². The molecule has 22 heavy (non-hydrogen) atoms. The van der Waals surface area contributed by atoms with Crippen molar-refractivity contribution in [3.8, 4) is 5.75 Å². The monoisotopic (exact) mass is 314 g/mol. The number of benzene rings is 2. The van der Waals surface area contributed by atoms with Crippen LogP contribution >= 0.6 is 12.2 Å². The van der Waals surface area contributed by atoms with Gasteiger partial charge in [-0.05, 0) is 43.3 Å². The SMILES string of the molecule is CCOC(=O)c1ccc2c(=S)c3cc(OC)ccc3oc2c1. The quantitative estimate of drug-likeness (QED) is 0.405. The van der Waals surface area contributed by atoms with Crippen LogP contribution in [0.3, 0.4) is 0 Å². The first-order chi connectivity index (χ1) is 10.6. The predicted octanol–water partition coefficient (Wildman–Crippen LogP) is 4.50. The highest BCUT2D eigenvalue weighted by Crippen LogP contribution is 2.29. The highest BCUT2D eigenvalue weighted by atomic mass is 32.1. The van der Waals surface area contributed by atoms with Crippen LogP contribution in [0.5, 0.6) is 5.75 Å². The van der Waals surface area contributed by atoms with Crippen LogP contribution in [0.15, 0.2) is 40.8 Å². The molecule has 1 aromatic heterocycles. The van der Waals surface area contributed by atoms with Gasteiger partial charge in [-0.2, -0.15) is 0 Å². The second-order valence-electron chi connectivity index (χ2n) is 4.72. The number of methoxy groups -OCH3 is 1. The van der Waals surface area contributed by atoms with Gasteiger partial charge in [0.1, 0.15) is 16.9 Å². The maximum Gasteiger partial charge on any atom is 0.338 e. The summed E-state index contributed by atoms with van der Waals surface area (Å²) in [4.78, 5) is 11.8. The summed E-state index contributed by atoms with van der Waals surface area (Å²) in [6.45, 7) is 2.10. The lowest BCUT2D eigenvalue weighted by Gasteiger charge is -2.07. The van der Waals surface area contributed by atoms with Crippen LogP contribution in [0.25, 0.3) is 21.9 Å². The summed E-state index contributed by atoms with van der Waals surface area (Å²) >= 11 is 5.53. The Morgan fingerprint density at radius 1 is 1.14 bits per heavy atom. The van der Waals surface area contributed by atoms with Gasteiger partial charge in [-0.15, -0.1) is 0 Å². The molecule has 0 atom stereocenters. The lowest BCUT2D eigenvalue weighted by Crippen LogP contribution is -2.04. The third-order valence-corrected chi connectivity index (χ3v) is 3.83. The number of rotatable bonds is 3. The summed E-state index contributed by atoms with van der Waals surface area (Å²) in [6, 6.07) is 10.6.